The van der Waals surface area contributed by atoms with E-state index in [1.54, 1.807) is 23.9 Å². The minimum Gasteiger partial charge on any atom is -0.472 e. The molecule has 2 aromatic heterocycles. The van der Waals surface area contributed by atoms with Crippen LogP contribution in [-0.2, 0) is 6.42 Å². The number of aryl methyl sites for hydroxylation is 1. The smallest absolute Gasteiger partial charge is 0.0951 e. The van der Waals surface area contributed by atoms with Gasteiger partial charge in [0.05, 0.1) is 29.3 Å². The van der Waals surface area contributed by atoms with Gasteiger partial charge in [-0.25, -0.2) is 4.98 Å². The SMILES string of the molecule is Cc1nc(CC(NN)c2ccoc2)cs1. The largest absolute Gasteiger partial charge is 0.472 e. The first-order chi connectivity index (χ1) is 7.29. The normalized spacial score (nSPS) is 12.9. The van der Waals surface area contributed by atoms with Gasteiger partial charge >= 0.3 is 0 Å². The van der Waals surface area contributed by atoms with Crippen molar-refractivity contribution in [2.75, 3.05) is 0 Å². The molecule has 4 nitrogen and oxygen atoms in total. The average Bonchev–Trinajstić information content (AvgIpc) is 2.85. The number of nitrogens with two attached hydrogens (primary N) is 1. The first-order valence-corrected chi connectivity index (χ1v) is 5.57. The van der Waals surface area contributed by atoms with Gasteiger partial charge in [-0.05, 0) is 13.0 Å². The van der Waals surface area contributed by atoms with Gasteiger partial charge in [-0.1, -0.05) is 0 Å². The van der Waals surface area contributed by atoms with Crippen molar-refractivity contribution in [2.24, 2.45) is 5.84 Å². The van der Waals surface area contributed by atoms with Crippen LogP contribution in [-0.4, -0.2) is 4.98 Å². The summed E-state index contributed by atoms with van der Waals surface area (Å²) < 4.78 is 5.03. The van der Waals surface area contributed by atoms with Crippen LogP contribution >= 0.6 is 11.3 Å². The van der Waals surface area contributed by atoms with Gasteiger partial charge in [0.15, 0.2) is 0 Å². The van der Waals surface area contributed by atoms with Crippen molar-refractivity contribution in [1.82, 2.24) is 10.4 Å². The third-order valence-corrected chi connectivity index (χ3v) is 3.05. The molecule has 0 aromatic carbocycles. The molecule has 0 aliphatic heterocycles. The Morgan fingerprint density at radius 1 is 1.67 bits per heavy atom. The number of hydrogen-bond acceptors (Lipinski definition) is 5. The van der Waals surface area contributed by atoms with Crippen LogP contribution in [0, 0.1) is 6.92 Å². The number of hydrazine groups is 1. The Balaban J connectivity index is 2.09. The van der Waals surface area contributed by atoms with E-state index in [-0.39, 0.29) is 6.04 Å². The number of thiazole rings is 1. The maximum absolute atomic E-state index is 5.50. The van der Waals surface area contributed by atoms with Gasteiger partial charge in [-0.2, -0.15) is 0 Å². The van der Waals surface area contributed by atoms with Crippen molar-refractivity contribution < 1.29 is 4.42 Å². The molecule has 5 heteroatoms. The summed E-state index contributed by atoms with van der Waals surface area (Å²) in [6.45, 7) is 2.00. The Labute approximate surface area is 92.1 Å². The van der Waals surface area contributed by atoms with Crippen molar-refractivity contribution in [1.29, 1.82) is 0 Å². The van der Waals surface area contributed by atoms with Gasteiger partial charge in [0.25, 0.3) is 0 Å². The molecule has 0 amide bonds. The van der Waals surface area contributed by atoms with Crippen LogP contribution in [0.1, 0.15) is 22.3 Å². The lowest BCUT2D eigenvalue weighted by atomic mass is 10.1. The molecule has 15 heavy (non-hydrogen) atoms. The highest BCUT2D eigenvalue weighted by Gasteiger charge is 2.13. The highest BCUT2D eigenvalue weighted by Crippen LogP contribution is 2.19. The molecule has 2 heterocycles. The molecule has 1 atom stereocenters. The van der Waals surface area contributed by atoms with Gasteiger partial charge in [0.1, 0.15) is 0 Å². The Morgan fingerprint density at radius 3 is 3.07 bits per heavy atom. The predicted octanol–water partition coefficient (Wildman–Crippen LogP) is 1.79. The molecule has 2 aromatic rings. The van der Waals surface area contributed by atoms with Crippen molar-refractivity contribution in [3.8, 4) is 0 Å². The van der Waals surface area contributed by atoms with Crippen LogP contribution in [0.4, 0.5) is 0 Å². The van der Waals surface area contributed by atoms with Crippen LogP contribution < -0.4 is 11.3 Å². The Morgan fingerprint density at radius 2 is 2.53 bits per heavy atom. The maximum atomic E-state index is 5.50. The molecular formula is C10H13N3OS. The average molecular weight is 223 g/mol. The molecule has 2 rings (SSSR count). The lowest BCUT2D eigenvalue weighted by Gasteiger charge is -2.11. The molecule has 0 bridgehead atoms. The summed E-state index contributed by atoms with van der Waals surface area (Å²) in [5.41, 5.74) is 4.87. The van der Waals surface area contributed by atoms with Gasteiger partial charge in [-0.15, -0.1) is 11.3 Å². The third-order valence-electron chi connectivity index (χ3n) is 2.23. The number of aromatic nitrogens is 1. The van der Waals surface area contributed by atoms with E-state index in [2.05, 4.69) is 15.8 Å². The fraction of sp³-hybridized carbons (Fsp3) is 0.300. The molecular weight excluding hydrogens is 210 g/mol. The van der Waals surface area contributed by atoms with E-state index >= 15 is 0 Å². The summed E-state index contributed by atoms with van der Waals surface area (Å²) in [6, 6.07) is 1.97. The molecule has 0 radical (unpaired) electrons. The summed E-state index contributed by atoms with van der Waals surface area (Å²) >= 11 is 1.65. The zero-order valence-electron chi connectivity index (χ0n) is 8.43. The predicted molar refractivity (Wildman–Crippen MR) is 59.3 cm³/mol. The molecule has 80 valence electrons. The van der Waals surface area contributed by atoms with Gasteiger partial charge < -0.3 is 4.42 Å². The van der Waals surface area contributed by atoms with E-state index in [1.807, 2.05) is 13.0 Å². The molecule has 0 aliphatic carbocycles. The maximum Gasteiger partial charge on any atom is 0.0951 e. The van der Waals surface area contributed by atoms with Crippen molar-refractivity contribution >= 4 is 11.3 Å². The number of hydrogen-bond donors (Lipinski definition) is 2. The summed E-state index contributed by atoms with van der Waals surface area (Å²) in [6.07, 6.45) is 4.12. The second-order valence-electron chi connectivity index (χ2n) is 3.34. The number of furan rings is 1. The van der Waals surface area contributed by atoms with Crippen LogP contribution in [0.3, 0.4) is 0 Å². The summed E-state index contributed by atoms with van der Waals surface area (Å²) in [4.78, 5) is 4.40. The first kappa shape index (κ1) is 10.4. The van der Waals surface area contributed by atoms with E-state index in [0.717, 1.165) is 22.7 Å². The number of nitrogens with zero attached hydrogens (tertiary/aromatic N) is 1. The fourth-order valence-corrected chi connectivity index (χ4v) is 2.08. The lowest BCUT2D eigenvalue weighted by molar-refractivity contribution is 0.522. The monoisotopic (exact) mass is 223 g/mol. The van der Waals surface area contributed by atoms with Gasteiger partial charge in [0, 0.05) is 17.4 Å². The van der Waals surface area contributed by atoms with E-state index in [1.165, 1.54) is 0 Å². The molecule has 0 saturated heterocycles. The summed E-state index contributed by atoms with van der Waals surface area (Å²) in [5.74, 6) is 5.50. The quantitative estimate of drug-likeness (QED) is 0.612. The first-order valence-electron chi connectivity index (χ1n) is 4.69. The summed E-state index contributed by atoms with van der Waals surface area (Å²) in [7, 11) is 0. The fourth-order valence-electron chi connectivity index (χ4n) is 1.46. The number of nitrogens with one attached hydrogen (secondary N) is 1. The van der Waals surface area contributed by atoms with E-state index in [9.17, 15) is 0 Å². The van der Waals surface area contributed by atoms with E-state index in [0.29, 0.717) is 0 Å². The molecule has 3 N–H and O–H groups in total. The third kappa shape index (κ3) is 2.44. The second kappa shape index (κ2) is 4.57. The molecule has 0 saturated carbocycles. The highest BCUT2D eigenvalue weighted by atomic mass is 32.1. The minimum absolute atomic E-state index is 0.0604. The van der Waals surface area contributed by atoms with Gasteiger partial charge in [0.2, 0.25) is 0 Å². The Bertz CT molecular complexity index is 410. The lowest BCUT2D eigenvalue weighted by Crippen LogP contribution is -2.29. The molecule has 0 spiro atoms. The van der Waals surface area contributed by atoms with Gasteiger partial charge in [-0.3, -0.25) is 11.3 Å². The number of rotatable bonds is 4. The topological polar surface area (TPSA) is 64.1 Å². The molecule has 1 unspecified atom stereocenters. The van der Waals surface area contributed by atoms with Crippen LogP contribution in [0.5, 0.6) is 0 Å². The van der Waals surface area contributed by atoms with Crippen molar-refractivity contribution in [3.05, 3.63) is 40.2 Å². The standard InChI is InChI=1S/C10H13N3OS/c1-7-12-9(6-15-7)4-10(13-11)8-2-3-14-5-8/h2-3,5-6,10,13H,4,11H2,1H3. The Kier molecular flexibility index (Phi) is 3.15. The van der Waals surface area contributed by atoms with Crippen LogP contribution in [0.2, 0.25) is 0 Å². The minimum atomic E-state index is 0.0604. The van der Waals surface area contributed by atoms with Crippen molar-refractivity contribution in [3.63, 3.8) is 0 Å². The van der Waals surface area contributed by atoms with Crippen LogP contribution in [0.15, 0.2) is 28.4 Å². The highest BCUT2D eigenvalue weighted by molar-refractivity contribution is 7.09. The molecule has 0 fully saturated rings. The van der Waals surface area contributed by atoms with Crippen LogP contribution in [0.25, 0.3) is 0 Å². The zero-order valence-corrected chi connectivity index (χ0v) is 9.25. The van der Waals surface area contributed by atoms with E-state index in [4.69, 9.17) is 10.3 Å². The summed E-state index contributed by atoms with van der Waals surface area (Å²) in [5, 5.41) is 3.13. The van der Waals surface area contributed by atoms with E-state index < -0.39 is 0 Å². The zero-order chi connectivity index (χ0) is 10.7. The Hall–Kier alpha value is -1.17. The molecule has 0 aliphatic rings. The van der Waals surface area contributed by atoms with Crippen molar-refractivity contribution in [2.45, 2.75) is 19.4 Å². The second-order valence-corrected chi connectivity index (χ2v) is 4.40.